The maximum Gasteiger partial charge on any atom is 0.164 e. The molecule has 1 aliphatic carbocycles. The van der Waals surface area contributed by atoms with E-state index >= 15 is 0 Å². The van der Waals surface area contributed by atoms with Gasteiger partial charge in [0.2, 0.25) is 0 Å². The zero-order valence-corrected chi connectivity index (χ0v) is 24.7. The number of H-pyrrole nitrogens is 1. The molecule has 222 valence electrons. The summed E-state index contributed by atoms with van der Waals surface area (Å²) in [5.41, 5.74) is 12.2. The van der Waals surface area contributed by atoms with Gasteiger partial charge in [-0.05, 0) is 55.5 Å². The average molecular weight is 585 g/mol. The summed E-state index contributed by atoms with van der Waals surface area (Å²) in [6, 6.07) is 23.7. The molecule has 10 nitrogen and oxygen atoms in total. The highest BCUT2D eigenvalue weighted by Gasteiger charge is 2.31. The Labute approximate surface area is 256 Å². The van der Waals surface area contributed by atoms with Crippen molar-refractivity contribution in [2.24, 2.45) is 0 Å². The number of pyridine rings is 1. The van der Waals surface area contributed by atoms with Gasteiger partial charge >= 0.3 is 0 Å². The first-order valence-corrected chi connectivity index (χ1v) is 15.6. The van der Waals surface area contributed by atoms with Gasteiger partial charge in [0.25, 0.3) is 0 Å². The molecule has 0 radical (unpaired) electrons. The van der Waals surface area contributed by atoms with E-state index in [4.69, 9.17) is 15.8 Å². The van der Waals surface area contributed by atoms with Crippen molar-refractivity contribution in [1.29, 1.82) is 0 Å². The summed E-state index contributed by atoms with van der Waals surface area (Å²) in [6.45, 7) is 4.20. The Kier molecular flexibility index (Phi) is 6.90. The molecule has 4 aromatic heterocycles. The third-order valence-corrected chi connectivity index (χ3v) is 9.35. The van der Waals surface area contributed by atoms with Gasteiger partial charge in [-0.1, -0.05) is 42.5 Å². The number of anilines is 2. The molecule has 6 aromatic rings. The fourth-order valence-corrected chi connectivity index (χ4v) is 7.06. The lowest BCUT2D eigenvalue weighted by molar-refractivity contribution is 0.129. The number of rotatable bonds is 6. The zero-order valence-electron chi connectivity index (χ0n) is 24.7. The summed E-state index contributed by atoms with van der Waals surface area (Å²) >= 11 is 0. The van der Waals surface area contributed by atoms with Crippen LogP contribution in [0.15, 0.2) is 79.3 Å². The Morgan fingerprint density at radius 2 is 1.61 bits per heavy atom. The third-order valence-electron chi connectivity index (χ3n) is 9.35. The molecule has 8 rings (SSSR count). The molecule has 0 atom stereocenters. The van der Waals surface area contributed by atoms with Crippen molar-refractivity contribution in [3.63, 3.8) is 0 Å². The maximum absolute atomic E-state index is 6.47. The van der Waals surface area contributed by atoms with Gasteiger partial charge in [0.05, 0.1) is 22.5 Å². The normalized spacial score (nSPS) is 19.6. The van der Waals surface area contributed by atoms with Crippen LogP contribution in [-0.4, -0.2) is 71.8 Å². The van der Waals surface area contributed by atoms with Crippen LogP contribution in [0.2, 0.25) is 0 Å². The number of fused-ring (bicyclic) bond motifs is 2. The molecule has 2 aromatic carbocycles. The fraction of sp³-hybridized carbons (Fsp3) is 0.324. The molecular weight excluding hydrogens is 548 g/mol. The third kappa shape index (κ3) is 5.05. The highest BCUT2D eigenvalue weighted by Crippen LogP contribution is 2.37. The van der Waals surface area contributed by atoms with Gasteiger partial charge in [0.1, 0.15) is 29.5 Å². The van der Waals surface area contributed by atoms with E-state index in [2.05, 4.69) is 89.0 Å². The topological polar surface area (TPSA) is 118 Å². The first kappa shape index (κ1) is 26.8. The summed E-state index contributed by atoms with van der Waals surface area (Å²) in [5.74, 6) is 2.48. The highest BCUT2D eigenvalue weighted by molar-refractivity contribution is 5.99. The second-order valence-corrected chi connectivity index (χ2v) is 12.0. The van der Waals surface area contributed by atoms with E-state index in [1.165, 1.54) is 5.56 Å². The second-order valence-electron chi connectivity index (χ2n) is 12.0. The number of benzene rings is 2. The van der Waals surface area contributed by atoms with E-state index in [9.17, 15) is 0 Å². The van der Waals surface area contributed by atoms with Gasteiger partial charge in [0, 0.05) is 50.4 Å². The van der Waals surface area contributed by atoms with Crippen LogP contribution < -0.4 is 10.6 Å². The number of nitrogen functional groups attached to an aromatic ring is 1. The van der Waals surface area contributed by atoms with Crippen LogP contribution in [0.5, 0.6) is 0 Å². The number of nitrogens with zero attached hydrogens (tertiary/aromatic N) is 8. The minimum absolute atomic E-state index is 0.276. The molecule has 2 aliphatic rings. The van der Waals surface area contributed by atoms with Crippen molar-refractivity contribution in [3.05, 3.63) is 90.6 Å². The molecule has 0 unspecified atom stereocenters. The van der Waals surface area contributed by atoms with Crippen LogP contribution in [0.3, 0.4) is 0 Å². The molecule has 10 heteroatoms. The van der Waals surface area contributed by atoms with Crippen molar-refractivity contribution < 1.29 is 0 Å². The van der Waals surface area contributed by atoms with Gasteiger partial charge < -0.3 is 15.6 Å². The van der Waals surface area contributed by atoms with Gasteiger partial charge in [-0.2, -0.15) is 5.10 Å². The van der Waals surface area contributed by atoms with Gasteiger partial charge in [-0.3, -0.25) is 4.90 Å². The molecule has 1 saturated carbocycles. The monoisotopic (exact) mass is 584 g/mol. The van der Waals surface area contributed by atoms with Crippen molar-refractivity contribution >= 4 is 33.7 Å². The predicted molar refractivity (Wildman–Crippen MR) is 173 cm³/mol. The molecule has 44 heavy (non-hydrogen) atoms. The lowest BCUT2D eigenvalue weighted by Crippen LogP contribution is -2.51. The van der Waals surface area contributed by atoms with Gasteiger partial charge in [0.15, 0.2) is 5.65 Å². The zero-order chi connectivity index (χ0) is 29.5. The molecule has 0 bridgehead atoms. The number of aromatic amines is 1. The number of nitrogens with one attached hydrogen (secondary N) is 1. The Bertz CT molecular complexity index is 1880. The Morgan fingerprint density at radius 1 is 0.818 bits per heavy atom. The largest absolute Gasteiger partial charge is 0.383 e. The summed E-state index contributed by atoms with van der Waals surface area (Å²) in [4.78, 5) is 27.0. The van der Waals surface area contributed by atoms with Crippen LogP contribution in [0.4, 0.5) is 11.6 Å². The van der Waals surface area contributed by atoms with Crippen LogP contribution in [0, 0.1) is 0 Å². The van der Waals surface area contributed by atoms with E-state index in [1.807, 2.05) is 18.3 Å². The number of hydrogen-bond donors (Lipinski definition) is 2. The first-order valence-electron chi connectivity index (χ1n) is 15.6. The van der Waals surface area contributed by atoms with E-state index in [0.717, 1.165) is 103 Å². The van der Waals surface area contributed by atoms with E-state index in [-0.39, 0.29) is 6.04 Å². The molecule has 0 spiro atoms. The van der Waals surface area contributed by atoms with Crippen LogP contribution in [-0.2, 0) is 6.42 Å². The molecule has 3 N–H and O–H groups in total. The van der Waals surface area contributed by atoms with Crippen LogP contribution in [0.25, 0.3) is 33.3 Å². The molecule has 1 aliphatic heterocycles. The minimum Gasteiger partial charge on any atom is -0.383 e. The molecule has 1 saturated heterocycles. The number of aromatic nitrogens is 7. The molecular formula is C34H36N10. The quantitative estimate of drug-likeness (QED) is 0.273. The van der Waals surface area contributed by atoms with Gasteiger partial charge in [-0.25, -0.2) is 24.6 Å². The number of hydrogen-bond acceptors (Lipinski definition) is 8. The fourth-order valence-electron chi connectivity index (χ4n) is 7.06. The van der Waals surface area contributed by atoms with Crippen molar-refractivity contribution in [2.75, 3.05) is 36.8 Å². The molecule has 0 amide bonds. The smallest absolute Gasteiger partial charge is 0.164 e. The lowest BCUT2D eigenvalue weighted by atomic mass is 9.90. The Morgan fingerprint density at radius 3 is 2.41 bits per heavy atom. The first-order chi connectivity index (χ1) is 21.7. The van der Waals surface area contributed by atoms with Crippen molar-refractivity contribution in [2.45, 2.75) is 44.2 Å². The standard InChI is InChI=1S/C34H36N10/c35-33-31-32(24-9-14-27-28(21-24)40-29(39-27)20-23-6-2-1-3-7-23)41-44(34(31)38-22-37-33)26-12-10-25(11-13-26)42-16-18-43(19-17-42)30-8-4-5-15-36-30/h1-9,14-15,21-22,25-26H,10-13,16-20H2,(H,39,40)(H2,35,37,38)/t25-,26-. The Balaban J connectivity index is 1.01. The summed E-state index contributed by atoms with van der Waals surface area (Å²) in [6.07, 6.45) is 8.61. The Hall–Kier alpha value is -4.83. The van der Waals surface area contributed by atoms with Crippen molar-refractivity contribution in [1.82, 2.24) is 39.6 Å². The minimum atomic E-state index is 0.276. The summed E-state index contributed by atoms with van der Waals surface area (Å²) in [5, 5.41) is 5.99. The van der Waals surface area contributed by atoms with Crippen LogP contribution >= 0.6 is 0 Å². The SMILES string of the molecule is Nc1ncnc2c1c(-c1ccc3[nH]c(Cc4ccccc4)nc3c1)nn2[C@H]1CC[C@H](N2CCN(c3ccccn3)CC2)CC1. The van der Waals surface area contributed by atoms with E-state index < -0.39 is 0 Å². The summed E-state index contributed by atoms with van der Waals surface area (Å²) in [7, 11) is 0. The maximum atomic E-state index is 6.47. The van der Waals surface area contributed by atoms with Gasteiger partial charge in [-0.15, -0.1) is 0 Å². The number of nitrogens with two attached hydrogens (primary N) is 1. The molecule has 2 fully saturated rings. The van der Waals surface area contributed by atoms with Crippen molar-refractivity contribution in [3.8, 4) is 11.3 Å². The number of imidazole rings is 1. The second kappa shape index (κ2) is 11.3. The predicted octanol–water partition coefficient (Wildman–Crippen LogP) is 5.24. The lowest BCUT2D eigenvalue weighted by Gasteiger charge is -2.42. The average Bonchev–Trinajstić information content (AvgIpc) is 3.67. The van der Waals surface area contributed by atoms with E-state index in [0.29, 0.717) is 11.9 Å². The highest BCUT2D eigenvalue weighted by atomic mass is 15.3. The van der Waals surface area contributed by atoms with E-state index in [1.54, 1.807) is 6.33 Å². The van der Waals surface area contributed by atoms with Crippen LogP contribution in [0.1, 0.15) is 43.1 Å². The molecule has 5 heterocycles. The number of piperazine rings is 1. The summed E-state index contributed by atoms with van der Waals surface area (Å²) < 4.78 is 2.12.